The van der Waals surface area contributed by atoms with E-state index in [1.54, 1.807) is 16.8 Å². The van der Waals surface area contributed by atoms with Crippen molar-refractivity contribution in [3.63, 3.8) is 0 Å². The lowest BCUT2D eigenvalue weighted by molar-refractivity contribution is -0.384. The molecule has 0 saturated heterocycles. The number of halogens is 1. The highest BCUT2D eigenvalue weighted by Crippen LogP contribution is 2.25. The Morgan fingerprint density at radius 1 is 1.27 bits per heavy atom. The second kappa shape index (κ2) is 9.06. The van der Waals surface area contributed by atoms with Gasteiger partial charge in [-0.3, -0.25) is 14.9 Å². The van der Waals surface area contributed by atoms with Gasteiger partial charge in [-0.05, 0) is 41.8 Å². The Bertz CT molecular complexity index is 1060. The quantitative estimate of drug-likeness (QED) is 0.436. The van der Waals surface area contributed by atoms with Gasteiger partial charge in [0, 0.05) is 23.7 Å². The van der Waals surface area contributed by atoms with E-state index >= 15 is 0 Å². The van der Waals surface area contributed by atoms with Crippen LogP contribution in [0.25, 0.3) is 5.69 Å². The molecule has 3 aromatic rings. The average Bonchev–Trinajstić information content (AvgIpc) is 3.17. The van der Waals surface area contributed by atoms with Crippen LogP contribution in [0.4, 0.5) is 5.69 Å². The number of aliphatic hydroxyl groups is 1. The SMILES string of the molecule is CC(C)c1c(C(=O)NCC(O)c2ccc([N+](=O)[O-])cc2)cnn1-c1cccc(Cl)c1. The highest BCUT2D eigenvalue weighted by atomic mass is 35.5. The molecule has 1 amide bonds. The summed E-state index contributed by atoms with van der Waals surface area (Å²) in [5.74, 6) is -0.361. The van der Waals surface area contributed by atoms with Gasteiger partial charge in [0.1, 0.15) is 0 Å². The smallest absolute Gasteiger partial charge is 0.269 e. The summed E-state index contributed by atoms with van der Waals surface area (Å²) in [5, 5.41) is 28.7. The first kappa shape index (κ1) is 21.5. The maximum absolute atomic E-state index is 12.8. The van der Waals surface area contributed by atoms with Crippen molar-refractivity contribution in [2.75, 3.05) is 6.54 Å². The number of non-ortho nitro benzene ring substituents is 1. The Morgan fingerprint density at radius 2 is 1.97 bits per heavy atom. The zero-order chi connectivity index (χ0) is 21.8. The number of nitro groups is 1. The zero-order valence-corrected chi connectivity index (χ0v) is 17.2. The minimum absolute atomic E-state index is 0.00632. The minimum Gasteiger partial charge on any atom is -0.387 e. The van der Waals surface area contributed by atoms with Crippen molar-refractivity contribution in [3.8, 4) is 5.69 Å². The number of hydrogen-bond donors (Lipinski definition) is 2. The summed E-state index contributed by atoms with van der Waals surface area (Å²) >= 11 is 6.08. The molecule has 3 rings (SSSR count). The van der Waals surface area contributed by atoms with Crippen molar-refractivity contribution in [2.24, 2.45) is 0 Å². The fourth-order valence-corrected chi connectivity index (χ4v) is 3.31. The average molecular weight is 429 g/mol. The molecule has 156 valence electrons. The molecule has 1 atom stereocenters. The lowest BCUT2D eigenvalue weighted by Crippen LogP contribution is -2.29. The molecule has 0 radical (unpaired) electrons. The van der Waals surface area contributed by atoms with E-state index in [4.69, 9.17) is 11.6 Å². The van der Waals surface area contributed by atoms with Crippen molar-refractivity contribution in [2.45, 2.75) is 25.9 Å². The van der Waals surface area contributed by atoms with Gasteiger partial charge in [0.2, 0.25) is 0 Å². The Balaban J connectivity index is 1.76. The molecule has 2 aromatic carbocycles. The number of nitrogens with zero attached hydrogens (tertiary/aromatic N) is 3. The third kappa shape index (κ3) is 4.67. The van der Waals surface area contributed by atoms with E-state index in [1.807, 2.05) is 26.0 Å². The van der Waals surface area contributed by atoms with E-state index < -0.39 is 11.0 Å². The molecule has 8 nitrogen and oxygen atoms in total. The van der Waals surface area contributed by atoms with E-state index in [0.29, 0.717) is 16.1 Å². The van der Waals surface area contributed by atoms with Crippen LogP contribution in [0.2, 0.25) is 5.02 Å². The molecular formula is C21H21ClN4O4. The number of benzene rings is 2. The lowest BCUT2D eigenvalue weighted by atomic mass is 10.0. The van der Waals surface area contributed by atoms with Crippen LogP contribution < -0.4 is 5.32 Å². The Labute approximate surface area is 178 Å². The Morgan fingerprint density at radius 3 is 2.57 bits per heavy atom. The van der Waals surface area contributed by atoms with Crippen LogP contribution in [0.15, 0.2) is 54.7 Å². The monoisotopic (exact) mass is 428 g/mol. The molecule has 0 spiro atoms. The van der Waals surface area contributed by atoms with Gasteiger partial charge in [-0.15, -0.1) is 0 Å². The van der Waals surface area contributed by atoms with Gasteiger partial charge < -0.3 is 10.4 Å². The number of rotatable bonds is 7. The number of amides is 1. The maximum Gasteiger partial charge on any atom is 0.269 e. The number of nitrogens with one attached hydrogen (secondary N) is 1. The van der Waals surface area contributed by atoms with Crippen molar-refractivity contribution in [3.05, 3.63) is 86.7 Å². The van der Waals surface area contributed by atoms with Gasteiger partial charge in [-0.25, -0.2) is 4.68 Å². The topological polar surface area (TPSA) is 110 Å². The maximum atomic E-state index is 12.8. The fourth-order valence-electron chi connectivity index (χ4n) is 3.12. The second-order valence-electron chi connectivity index (χ2n) is 7.06. The summed E-state index contributed by atoms with van der Waals surface area (Å²) in [6.07, 6.45) is 0.490. The van der Waals surface area contributed by atoms with Crippen molar-refractivity contribution >= 4 is 23.2 Å². The molecule has 0 aliphatic carbocycles. The molecule has 2 N–H and O–H groups in total. The molecule has 1 heterocycles. The van der Waals surface area contributed by atoms with E-state index in [1.165, 1.54) is 30.5 Å². The molecule has 1 unspecified atom stereocenters. The standard InChI is InChI=1S/C21H21ClN4O4/c1-13(2)20-18(11-24-25(20)17-5-3-4-15(22)10-17)21(28)23-12-19(27)14-6-8-16(9-7-14)26(29)30/h3-11,13,19,27H,12H2,1-2H3,(H,23,28). The number of carbonyl (C=O) groups excluding carboxylic acids is 1. The zero-order valence-electron chi connectivity index (χ0n) is 16.4. The molecule has 0 saturated carbocycles. The summed E-state index contributed by atoms with van der Waals surface area (Å²) in [4.78, 5) is 23.0. The normalized spacial score (nSPS) is 12.0. The molecule has 0 aliphatic rings. The van der Waals surface area contributed by atoms with E-state index in [9.17, 15) is 20.0 Å². The fraction of sp³-hybridized carbons (Fsp3) is 0.238. The highest BCUT2D eigenvalue weighted by molar-refractivity contribution is 6.30. The summed E-state index contributed by atoms with van der Waals surface area (Å²) in [6, 6.07) is 12.7. The van der Waals surface area contributed by atoms with Gasteiger partial charge in [-0.2, -0.15) is 5.10 Å². The Hall–Kier alpha value is -3.23. The minimum atomic E-state index is -1.000. The number of carbonyl (C=O) groups is 1. The van der Waals surface area contributed by atoms with Crippen LogP contribution in [0, 0.1) is 10.1 Å². The van der Waals surface area contributed by atoms with Crippen molar-refractivity contribution in [1.29, 1.82) is 0 Å². The number of nitro benzene ring substituents is 1. The van der Waals surface area contributed by atoms with Gasteiger partial charge in [0.25, 0.3) is 11.6 Å². The predicted molar refractivity (Wildman–Crippen MR) is 113 cm³/mol. The molecule has 0 aliphatic heterocycles. The molecule has 1 aromatic heterocycles. The predicted octanol–water partition coefficient (Wildman–Crippen LogP) is 4.02. The number of aromatic nitrogens is 2. The van der Waals surface area contributed by atoms with Gasteiger partial charge in [0.05, 0.1) is 34.2 Å². The number of aliphatic hydroxyl groups excluding tert-OH is 1. The second-order valence-corrected chi connectivity index (χ2v) is 7.50. The first-order valence-corrected chi connectivity index (χ1v) is 9.70. The van der Waals surface area contributed by atoms with Crippen LogP contribution in [0.1, 0.15) is 47.5 Å². The van der Waals surface area contributed by atoms with Crippen LogP contribution in [-0.2, 0) is 0 Å². The first-order valence-electron chi connectivity index (χ1n) is 9.32. The molecule has 30 heavy (non-hydrogen) atoms. The summed E-state index contributed by atoms with van der Waals surface area (Å²) < 4.78 is 1.68. The number of hydrogen-bond acceptors (Lipinski definition) is 5. The van der Waals surface area contributed by atoms with Crippen molar-refractivity contribution < 1.29 is 14.8 Å². The van der Waals surface area contributed by atoms with Crippen molar-refractivity contribution in [1.82, 2.24) is 15.1 Å². The van der Waals surface area contributed by atoms with Gasteiger partial charge >= 0.3 is 0 Å². The van der Waals surface area contributed by atoms with E-state index in [0.717, 1.165) is 11.4 Å². The highest BCUT2D eigenvalue weighted by Gasteiger charge is 2.22. The van der Waals surface area contributed by atoms with Gasteiger partial charge in [0.15, 0.2) is 0 Å². The first-order chi connectivity index (χ1) is 14.3. The van der Waals surface area contributed by atoms with Crippen LogP contribution >= 0.6 is 11.6 Å². The molecular weight excluding hydrogens is 408 g/mol. The summed E-state index contributed by atoms with van der Waals surface area (Å²) in [7, 11) is 0. The van der Waals surface area contributed by atoms with Crippen LogP contribution in [-0.4, -0.2) is 32.3 Å². The van der Waals surface area contributed by atoms with Crippen LogP contribution in [0.3, 0.4) is 0 Å². The molecule has 0 fully saturated rings. The third-order valence-corrected chi connectivity index (χ3v) is 4.83. The Kier molecular flexibility index (Phi) is 6.49. The summed E-state index contributed by atoms with van der Waals surface area (Å²) in [5.41, 5.74) is 2.28. The van der Waals surface area contributed by atoms with E-state index in [-0.39, 0.29) is 24.1 Å². The molecule has 0 bridgehead atoms. The largest absolute Gasteiger partial charge is 0.387 e. The van der Waals surface area contributed by atoms with Crippen LogP contribution in [0.5, 0.6) is 0 Å². The van der Waals surface area contributed by atoms with E-state index in [2.05, 4.69) is 10.4 Å². The third-order valence-electron chi connectivity index (χ3n) is 4.60. The summed E-state index contributed by atoms with van der Waals surface area (Å²) in [6.45, 7) is 3.87. The molecule has 9 heteroatoms. The lowest BCUT2D eigenvalue weighted by Gasteiger charge is -2.15. The van der Waals surface area contributed by atoms with Gasteiger partial charge in [-0.1, -0.05) is 31.5 Å².